The third-order valence-corrected chi connectivity index (χ3v) is 3.25. The summed E-state index contributed by atoms with van der Waals surface area (Å²) in [6, 6.07) is 1.51. The van der Waals surface area contributed by atoms with E-state index in [0.717, 1.165) is 30.2 Å². The van der Waals surface area contributed by atoms with Crippen LogP contribution in [0.2, 0.25) is 0 Å². The van der Waals surface area contributed by atoms with Crippen LogP contribution in [0.3, 0.4) is 0 Å². The van der Waals surface area contributed by atoms with Crippen molar-refractivity contribution in [2.24, 2.45) is 0 Å². The summed E-state index contributed by atoms with van der Waals surface area (Å²) in [6.45, 7) is 4.83. The van der Waals surface area contributed by atoms with Crippen LogP contribution in [-0.2, 0) is 6.54 Å². The van der Waals surface area contributed by atoms with E-state index in [4.69, 9.17) is 0 Å². The Morgan fingerprint density at radius 2 is 2.24 bits per heavy atom. The molecule has 6 heteroatoms. The highest BCUT2D eigenvalue weighted by molar-refractivity contribution is 7.98. The minimum absolute atomic E-state index is 0.113. The highest BCUT2D eigenvalue weighted by Gasteiger charge is 2.12. The summed E-state index contributed by atoms with van der Waals surface area (Å²) in [5.41, 5.74) is 0.623. The smallest absolute Gasteiger partial charge is 0.275 e. The maximum absolute atomic E-state index is 11.8. The molecule has 0 saturated carbocycles. The van der Waals surface area contributed by atoms with Gasteiger partial charge in [0.05, 0.1) is 0 Å². The van der Waals surface area contributed by atoms with E-state index in [9.17, 15) is 4.79 Å². The van der Waals surface area contributed by atoms with Crippen LogP contribution in [0.5, 0.6) is 0 Å². The number of thioether (sulfide) groups is 1. The molecule has 2 aromatic rings. The molecule has 0 amide bonds. The van der Waals surface area contributed by atoms with Crippen LogP contribution in [0.25, 0.3) is 5.78 Å². The minimum atomic E-state index is -0.113. The molecule has 0 saturated heterocycles. The molecular weight excluding hydrogens is 236 g/mol. The molecule has 92 valence electrons. The van der Waals surface area contributed by atoms with E-state index in [1.54, 1.807) is 0 Å². The van der Waals surface area contributed by atoms with E-state index in [1.807, 2.05) is 17.7 Å². The van der Waals surface area contributed by atoms with E-state index >= 15 is 0 Å². The molecular formula is C11H16N4OS. The number of aromatic nitrogens is 4. The summed E-state index contributed by atoms with van der Waals surface area (Å²) in [5, 5.41) is 5.13. The molecule has 0 radical (unpaired) electrons. The van der Waals surface area contributed by atoms with Crippen molar-refractivity contribution in [2.75, 3.05) is 6.26 Å². The first-order valence-electron chi connectivity index (χ1n) is 5.68. The van der Waals surface area contributed by atoms with Crippen molar-refractivity contribution in [1.29, 1.82) is 0 Å². The molecule has 0 aromatic carbocycles. The summed E-state index contributed by atoms with van der Waals surface area (Å²) in [4.78, 5) is 16.2. The number of unbranched alkanes of at least 4 members (excludes halogenated alkanes) is 1. The molecule has 2 heterocycles. The molecule has 0 spiro atoms. The number of hydrogen-bond acceptors (Lipinski definition) is 4. The van der Waals surface area contributed by atoms with Crippen molar-refractivity contribution >= 4 is 17.5 Å². The highest BCUT2D eigenvalue weighted by Crippen LogP contribution is 2.15. The van der Waals surface area contributed by atoms with Gasteiger partial charge in [0.2, 0.25) is 5.78 Å². The highest BCUT2D eigenvalue weighted by atomic mass is 32.2. The number of fused-ring (bicyclic) bond motifs is 1. The van der Waals surface area contributed by atoms with Crippen LogP contribution in [-0.4, -0.2) is 25.4 Å². The third kappa shape index (κ3) is 2.22. The summed E-state index contributed by atoms with van der Waals surface area (Å²) in [6.07, 6.45) is 4.12. The van der Waals surface area contributed by atoms with Gasteiger partial charge in [-0.1, -0.05) is 25.1 Å². The van der Waals surface area contributed by atoms with Gasteiger partial charge in [0.25, 0.3) is 5.56 Å². The molecule has 17 heavy (non-hydrogen) atoms. The Labute approximate surface area is 104 Å². The van der Waals surface area contributed by atoms with E-state index in [2.05, 4.69) is 17.0 Å². The predicted octanol–water partition coefficient (Wildman–Crippen LogP) is 1.72. The second-order valence-corrected chi connectivity index (χ2v) is 4.71. The van der Waals surface area contributed by atoms with Crippen molar-refractivity contribution < 1.29 is 0 Å². The summed E-state index contributed by atoms with van der Waals surface area (Å²) in [5.74, 6) is 0.646. The van der Waals surface area contributed by atoms with Crippen molar-refractivity contribution in [2.45, 2.75) is 38.4 Å². The van der Waals surface area contributed by atoms with Gasteiger partial charge in [-0.25, -0.2) is 4.98 Å². The van der Waals surface area contributed by atoms with E-state index < -0.39 is 0 Å². The summed E-state index contributed by atoms with van der Waals surface area (Å²) < 4.78 is 3.40. The van der Waals surface area contributed by atoms with Gasteiger partial charge in [0.1, 0.15) is 0 Å². The predicted molar refractivity (Wildman–Crippen MR) is 68.7 cm³/mol. The van der Waals surface area contributed by atoms with Crippen LogP contribution in [0.1, 0.15) is 25.5 Å². The average molecular weight is 252 g/mol. The molecule has 0 aliphatic heterocycles. The first-order valence-corrected chi connectivity index (χ1v) is 6.91. The second kappa shape index (κ2) is 4.91. The molecule has 5 nitrogen and oxygen atoms in total. The molecule has 0 bridgehead atoms. The van der Waals surface area contributed by atoms with Crippen LogP contribution < -0.4 is 5.56 Å². The first-order chi connectivity index (χ1) is 8.17. The molecule has 0 fully saturated rings. The van der Waals surface area contributed by atoms with Crippen molar-refractivity contribution in [1.82, 2.24) is 19.2 Å². The Balaban J connectivity index is 2.65. The monoisotopic (exact) mass is 252 g/mol. The van der Waals surface area contributed by atoms with Gasteiger partial charge in [-0.2, -0.15) is 4.52 Å². The fourth-order valence-electron chi connectivity index (χ4n) is 1.73. The Bertz CT molecular complexity index is 587. The van der Waals surface area contributed by atoms with Gasteiger partial charge in [0.15, 0.2) is 5.16 Å². The fourth-order valence-corrected chi connectivity index (χ4v) is 2.29. The van der Waals surface area contributed by atoms with Crippen molar-refractivity contribution in [3.05, 3.63) is 22.1 Å². The lowest BCUT2D eigenvalue weighted by Crippen LogP contribution is -2.15. The van der Waals surface area contributed by atoms with Crippen molar-refractivity contribution in [3.8, 4) is 0 Å². The molecule has 0 N–H and O–H groups in total. The number of nitrogens with zero attached hydrogens (tertiary/aromatic N) is 4. The zero-order valence-electron chi connectivity index (χ0n) is 10.3. The summed E-state index contributed by atoms with van der Waals surface area (Å²) in [7, 11) is 0. The number of aryl methyl sites for hydroxylation is 2. The van der Waals surface area contributed by atoms with Crippen molar-refractivity contribution in [3.63, 3.8) is 0 Å². The molecule has 0 aliphatic rings. The topological polar surface area (TPSA) is 52.2 Å². The van der Waals surface area contributed by atoms with Crippen LogP contribution in [0.4, 0.5) is 0 Å². The van der Waals surface area contributed by atoms with Gasteiger partial charge in [-0.15, -0.1) is 5.10 Å². The number of hydrogen-bond donors (Lipinski definition) is 0. The molecule has 0 atom stereocenters. The standard InChI is InChI=1S/C11H16N4OS/c1-4-5-6-14-10-12-8(2)7-9(16)15(10)13-11(14)17-3/h7H,4-6H2,1-3H3. The quantitative estimate of drug-likeness (QED) is 0.777. The maximum Gasteiger partial charge on any atom is 0.275 e. The zero-order chi connectivity index (χ0) is 12.4. The minimum Gasteiger partial charge on any atom is -0.288 e. The van der Waals surface area contributed by atoms with Gasteiger partial charge in [-0.3, -0.25) is 9.36 Å². The van der Waals surface area contributed by atoms with E-state index in [1.165, 1.54) is 22.3 Å². The maximum atomic E-state index is 11.8. The Morgan fingerprint density at radius 1 is 1.47 bits per heavy atom. The lowest BCUT2D eigenvalue weighted by molar-refractivity contribution is 0.598. The third-order valence-electron chi connectivity index (χ3n) is 2.58. The SMILES string of the molecule is CCCCn1c(SC)nn2c(=O)cc(C)nc12. The second-order valence-electron chi connectivity index (χ2n) is 3.94. The normalized spacial score (nSPS) is 11.2. The van der Waals surface area contributed by atoms with E-state index in [0.29, 0.717) is 5.78 Å². The number of rotatable bonds is 4. The lowest BCUT2D eigenvalue weighted by Gasteiger charge is -2.04. The van der Waals surface area contributed by atoms with Crippen LogP contribution in [0.15, 0.2) is 16.0 Å². The zero-order valence-corrected chi connectivity index (χ0v) is 11.1. The molecule has 0 unspecified atom stereocenters. The first kappa shape index (κ1) is 12.2. The largest absolute Gasteiger partial charge is 0.288 e. The Hall–Kier alpha value is -1.30. The van der Waals surface area contributed by atoms with Gasteiger partial charge >= 0.3 is 0 Å². The van der Waals surface area contributed by atoms with Gasteiger partial charge < -0.3 is 0 Å². The van der Waals surface area contributed by atoms with Crippen LogP contribution in [0, 0.1) is 6.92 Å². The molecule has 0 aliphatic carbocycles. The van der Waals surface area contributed by atoms with E-state index in [-0.39, 0.29) is 5.56 Å². The average Bonchev–Trinajstić information content (AvgIpc) is 2.64. The Kier molecular flexibility index (Phi) is 3.51. The Morgan fingerprint density at radius 3 is 2.88 bits per heavy atom. The lowest BCUT2D eigenvalue weighted by atomic mass is 10.3. The van der Waals surface area contributed by atoms with Gasteiger partial charge in [0, 0.05) is 18.3 Å². The summed E-state index contributed by atoms with van der Waals surface area (Å²) >= 11 is 1.54. The molecule has 2 rings (SSSR count). The van der Waals surface area contributed by atoms with Gasteiger partial charge in [-0.05, 0) is 19.6 Å². The fraction of sp³-hybridized carbons (Fsp3) is 0.545. The molecule has 2 aromatic heterocycles. The van der Waals surface area contributed by atoms with Crippen LogP contribution >= 0.6 is 11.8 Å².